The molecule has 0 saturated heterocycles. The van der Waals surface area contributed by atoms with Crippen LogP contribution in [-0.2, 0) is 15.1 Å². The zero-order valence-electron chi connectivity index (χ0n) is 15.7. The summed E-state index contributed by atoms with van der Waals surface area (Å²) in [6.07, 6.45) is 3.88. The van der Waals surface area contributed by atoms with Crippen molar-refractivity contribution < 1.29 is 13.9 Å². The van der Waals surface area contributed by atoms with Gasteiger partial charge in [-0.05, 0) is 38.8 Å². The summed E-state index contributed by atoms with van der Waals surface area (Å²) in [5.74, 6) is 0.987. The molecule has 1 aliphatic heterocycles. The Bertz CT molecular complexity index is 1070. The lowest BCUT2D eigenvalue weighted by molar-refractivity contribution is -0.125. The predicted molar refractivity (Wildman–Crippen MR) is 106 cm³/mol. The van der Waals surface area contributed by atoms with Crippen LogP contribution in [-0.4, -0.2) is 28.5 Å². The standard InChI is InChI=1S/C20H21N5O3/c1-20(2)13-6-5-12(9-15(13)23-16(26)10-28-20)22-19-24-14-7-8-27-17(14)18(25-19)21-11-3-4-11/h5-9,11H,3-4,10H2,1-2H3,(H,23,26)(H2,21,22,24,25). The Labute approximate surface area is 161 Å². The number of nitrogens with one attached hydrogen (secondary N) is 3. The zero-order chi connectivity index (χ0) is 19.3. The van der Waals surface area contributed by atoms with Crippen molar-refractivity contribution in [1.82, 2.24) is 9.97 Å². The summed E-state index contributed by atoms with van der Waals surface area (Å²) >= 11 is 0. The molecule has 1 fully saturated rings. The molecule has 0 bridgehead atoms. The molecule has 0 radical (unpaired) electrons. The maximum absolute atomic E-state index is 12.0. The van der Waals surface area contributed by atoms with E-state index in [0.717, 1.165) is 35.3 Å². The van der Waals surface area contributed by atoms with E-state index < -0.39 is 5.60 Å². The second kappa shape index (κ2) is 6.20. The summed E-state index contributed by atoms with van der Waals surface area (Å²) in [5, 5.41) is 9.53. The van der Waals surface area contributed by atoms with Crippen molar-refractivity contribution in [3.63, 3.8) is 0 Å². The topological polar surface area (TPSA) is 101 Å². The van der Waals surface area contributed by atoms with Crippen LogP contribution in [0.2, 0.25) is 0 Å². The molecule has 2 aromatic heterocycles. The quantitative estimate of drug-likeness (QED) is 0.635. The zero-order valence-corrected chi connectivity index (χ0v) is 15.7. The summed E-state index contributed by atoms with van der Waals surface area (Å²) in [5.41, 5.74) is 3.26. The van der Waals surface area contributed by atoms with E-state index in [2.05, 4.69) is 25.9 Å². The molecule has 0 atom stereocenters. The lowest BCUT2D eigenvalue weighted by atomic mass is 9.96. The SMILES string of the molecule is CC1(C)OCC(=O)Nc2cc(Nc3nc(NC4CC4)c4occc4n3)ccc21. The highest BCUT2D eigenvalue weighted by Crippen LogP contribution is 2.36. The minimum atomic E-state index is -0.555. The van der Waals surface area contributed by atoms with Crippen molar-refractivity contribution in [3.05, 3.63) is 36.1 Å². The third-order valence-corrected chi connectivity index (χ3v) is 4.98. The maximum Gasteiger partial charge on any atom is 0.250 e. The summed E-state index contributed by atoms with van der Waals surface area (Å²) in [7, 11) is 0. The maximum atomic E-state index is 12.0. The Morgan fingerprint density at radius 2 is 2.07 bits per heavy atom. The predicted octanol–water partition coefficient (Wildman–Crippen LogP) is 3.74. The van der Waals surface area contributed by atoms with E-state index in [4.69, 9.17) is 9.15 Å². The monoisotopic (exact) mass is 379 g/mol. The summed E-state index contributed by atoms with van der Waals surface area (Å²) in [6, 6.07) is 8.01. The van der Waals surface area contributed by atoms with Crippen LogP contribution >= 0.6 is 0 Å². The van der Waals surface area contributed by atoms with Crippen LogP contribution < -0.4 is 16.0 Å². The van der Waals surface area contributed by atoms with Gasteiger partial charge in [-0.1, -0.05) is 6.07 Å². The van der Waals surface area contributed by atoms with Gasteiger partial charge in [-0.25, -0.2) is 4.98 Å². The van der Waals surface area contributed by atoms with Gasteiger partial charge in [-0.15, -0.1) is 0 Å². The highest BCUT2D eigenvalue weighted by Gasteiger charge is 2.29. The van der Waals surface area contributed by atoms with Crippen molar-refractivity contribution in [2.45, 2.75) is 38.3 Å². The van der Waals surface area contributed by atoms with Crippen molar-refractivity contribution in [1.29, 1.82) is 0 Å². The number of amides is 1. The Kier molecular flexibility index (Phi) is 3.77. The molecule has 8 nitrogen and oxygen atoms in total. The summed E-state index contributed by atoms with van der Waals surface area (Å²) in [6.45, 7) is 3.93. The molecule has 3 heterocycles. The molecule has 3 N–H and O–H groups in total. The number of furan rings is 1. The van der Waals surface area contributed by atoms with Crippen LogP contribution in [0.1, 0.15) is 32.3 Å². The molecule has 1 aliphatic carbocycles. The lowest BCUT2D eigenvalue weighted by Gasteiger charge is -2.24. The molecular weight excluding hydrogens is 358 g/mol. The molecule has 144 valence electrons. The molecule has 1 aromatic carbocycles. The van der Waals surface area contributed by atoms with Gasteiger partial charge >= 0.3 is 0 Å². The van der Waals surface area contributed by atoms with E-state index in [1.165, 1.54) is 0 Å². The molecule has 3 aromatic rings. The summed E-state index contributed by atoms with van der Waals surface area (Å²) < 4.78 is 11.2. The van der Waals surface area contributed by atoms with Gasteiger partial charge in [0.2, 0.25) is 11.9 Å². The fourth-order valence-corrected chi connectivity index (χ4v) is 3.33. The third-order valence-electron chi connectivity index (χ3n) is 4.98. The van der Waals surface area contributed by atoms with E-state index in [1.807, 2.05) is 38.1 Å². The van der Waals surface area contributed by atoms with Gasteiger partial charge < -0.3 is 25.1 Å². The fraction of sp³-hybridized carbons (Fsp3) is 0.350. The highest BCUT2D eigenvalue weighted by atomic mass is 16.5. The van der Waals surface area contributed by atoms with Gasteiger partial charge in [0.05, 0.1) is 11.9 Å². The average Bonchev–Trinajstić information content (AvgIpc) is 3.35. The first-order valence-corrected chi connectivity index (χ1v) is 9.35. The molecule has 2 aliphatic rings. The number of carbonyl (C=O) groups is 1. The number of anilines is 4. The number of rotatable bonds is 4. The normalized spacial score (nSPS) is 18.3. The number of benzene rings is 1. The van der Waals surface area contributed by atoms with Crippen molar-refractivity contribution >= 4 is 40.1 Å². The van der Waals surface area contributed by atoms with E-state index in [9.17, 15) is 4.79 Å². The Hall–Kier alpha value is -3.13. The first kappa shape index (κ1) is 17.0. The molecule has 0 unspecified atom stereocenters. The number of ether oxygens (including phenoxy) is 1. The van der Waals surface area contributed by atoms with Gasteiger partial charge in [0, 0.05) is 29.0 Å². The molecule has 5 rings (SSSR count). The van der Waals surface area contributed by atoms with Crippen molar-refractivity contribution in [2.24, 2.45) is 0 Å². The largest absolute Gasteiger partial charge is 0.459 e. The minimum Gasteiger partial charge on any atom is -0.459 e. The molecule has 0 spiro atoms. The highest BCUT2D eigenvalue weighted by molar-refractivity contribution is 5.94. The number of fused-ring (bicyclic) bond motifs is 2. The van der Waals surface area contributed by atoms with E-state index in [-0.39, 0.29) is 12.5 Å². The second-order valence-electron chi connectivity index (χ2n) is 7.68. The summed E-state index contributed by atoms with van der Waals surface area (Å²) in [4.78, 5) is 21.1. The first-order chi connectivity index (χ1) is 13.5. The van der Waals surface area contributed by atoms with Crippen LogP contribution in [0.5, 0.6) is 0 Å². The molecule has 28 heavy (non-hydrogen) atoms. The van der Waals surface area contributed by atoms with Crippen LogP contribution in [0.15, 0.2) is 34.9 Å². The molecular formula is C20H21N5O3. The van der Waals surface area contributed by atoms with Gasteiger partial charge in [0.25, 0.3) is 0 Å². The van der Waals surface area contributed by atoms with E-state index >= 15 is 0 Å². The van der Waals surface area contributed by atoms with Crippen LogP contribution in [0.4, 0.5) is 23.1 Å². The van der Waals surface area contributed by atoms with E-state index in [1.54, 1.807) is 6.26 Å². The Morgan fingerprint density at radius 1 is 1.21 bits per heavy atom. The fourth-order valence-electron chi connectivity index (χ4n) is 3.33. The third kappa shape index (κ3) is 3.16. The molecule has 1 amide bonds. The first-order valence-electron chi connectivity index (χ1n) is 9.35. The smallest absolute Gasteiger partial charge is 0.250 e. The van der Waals surface area contributed by atoms with E-state index in [0.29, 0.717) is 23.4 Å². The Balaban J connectivity index is 1.48. The minimum absolute atomic E-state index is 0.0287. The number of hydrogen-bond donors (Lipinski definition) is 3. The van der Waals surface area contributed by atoms with Crippen molar-refractivity contribution in [2.75, 3.05) is 22.6 Å². The van der Waals surface area contributed by atoms with Gasteiger partial charge in [0.15, 0.2) is 11.4 Å². The van der Waals surface area contributed by atoms with Gasteiger partial charge in [-0.2, -0.15) is 4.98 Å². The lowest BCUT2D eigenvalue weighted by Crippen LogP contribution is -2.22. The molecule has 8 heteroatoms. The number of carbonyl (C=O) groups excluding carboxylic acids is 1. The molecule has 1 saturated carbocycles. The second-order valence-corrected chi connectivity index (χ2v) is 7.68. The average molecular weight is 379 g/mol. The number of hydrogen-bond acceptors (Lipinski definition) is 7. The number of nitrogens with zero attached hydrogens (tertiary/aromatic N) is 2. The Morgan fingerprint density at radius 3 is 2.89 bits per heavy atom. The number of aromatic nitrogens is 2. The van der Waals surface area contributed by atoms with Crippen LogP contribution in [0.3, 0.4) is 0 Å². The van der Waals surface area contributed by atoms with Crippen LogP contribution in [0, 0.1) is 0 Å². The van der Waals surface area contributed by atoms with Crippen molar-refractivity contribution in [3.8, 4) is 0 Å². The van der Waals surface area contributed by atoms with Gasteiger partial charge in [0.1, 0.15) is 12.1 Å². The van der Waals surface area contributed by atoms with Crippen LogP contribution in [0.25, 0.3) is 11.1 Å². The van der Waals surface area contributed by atoms with Gasteiger partial charge in [-0.3, -0.25) is 4.79 Å².